The van der Waals surface area contributed by atoms with Crippen LogP contribution in [0, 0.1) is 6.92 Å². The van der Waals surface area contributed by atoms with E-state index >= 15 is 0 Å². The maximum absolute atomic E-state index is 12.0. The zero-order chi connectivity index (χ0) is 14.0. The Morgan fingerprint density at radius 3 is 2.74 bits per heavy atom. The van der Waals surface area contributed by atoms with Crippen molar-refractivity contribution in [3.63, 3.8) is 0 Å². The molecule has 19 heavy (non-hydrogen) atoms. The van der Waals surface area contributed by atoms with Crippen LogP contribution in [0.15, 0.2) is 16.9 Å². The van der Waals surface area contributed by atoms with E-state index in [9.17, 15) is 19.5 Å². The summed E-state index contributed by atoms with van der Waals surface area (Å²) >= 11 is 1.47. The summed E-state index contributed by atoms with van der Waals surface area (Å²) in [5.74, 6) is -0.713. The van der Waals surface area contributed by atoms with Gasteiger partial charge in [0.2, 0.25) is 0 Å². The van der Waals surface area contributed by atoms with Gasteiger partial charge in [-0.1, -0.05) is 0 Å². The lowest BCUT2D eigenvalue weighted by Crippen LogP contribution is -2.55. The van der Waals surface area contributed by atoms with Crippen molar-refractivity contribution in [2.24, 2.45) is 0 Å². The molecule has 0 bridgehead atoms. The minimum Gasteiger partial charge on any atom is -0.479 e. The van der Waals surface area contributed by atoms with Gasteiger partial charge in [0.15, 0.2) is 0 Å². The van der Waals surface area contributed by atoms with Gasteiger partial charge in [-0.25, -0.2) is 4.79 Å². The monoisotopic (exact) mass is 282 g/mol. The Kier molecular flexibility index (Phi) is 3.66. The lowest BCUT2D eigenvalue weighted by atomic mass is 9.98. The summed E-state index contributed by atoms with van der Waals surface area (Å²) in [5.41, 5.74) is -1.20. The van der Waals surface area contributed by atoms with Gasteiger partial charge in [0.25, 0.3) is 11.5 Å². The topological polar surface area (TPSA) is 99.3 Å². The summed E-state index contributed by atoms with van der Waals surface area (Å²) in [5, 5.41) is 11.7. The Hall–Kier alpha value is -1.76. The number of rotatable bonds is 3. The maximum atomic E-state index is 12.0. The van der Waals surface area contributed by atoms with Crippen LogP contribution in [0.1, 0.15) is 22.5 Å². The molecule has 0 aromatic carbocycles. The third-order valence-corrected chi connectivity index (χ3v) is 4.27. The van der Waals surface area contributed by atoms with Gasteiger partial charge < -0.3 is 15.4 Å². The molecule has 1 aromatic rings. The summed E-state index contributed by atoms with van der Waals surface area (Å²) < 4.78 is 0. The number of carboxylic acids is 1. The fraction of sp³-hybridized carbons (Fsp3) is 0.417. The molecule has 0 spiro atoms. The molecule has 3 N–H and O–H groups in total. The third-order valence-electron chi connectivity index (χ3n) is 3.08. The Morgan fingerprint density at radius 2 is 2.21 bits per heavy atom. The van der Waals surface area contributed by atoms with E-state index in [-0.39, 0.29) is 5.56 Å². The van der Waals surface area contributed by atoms with E-state index in [4.69, 9.17) is 0 Å². The zero-order valence-electron chi connectivity index (χ0n) is 10.4. The molecule has 102 valence electrons. The summed E-state index contributed by atoms with van der Waals surface area (Å²) in [6, 6.07) is 3.01. The van der Waals surface area contributed by atoms with Crippen molar-refractivity contribution in [3.8, 4) is 0 Å². The summed E-state index contributed by atoms with van der Waals surface area (Å²) in [6.45, 7) is 1.70. The molecule has 2 rings (SSSR count). The molecule has 1 fully saturated rings. The Bertz CT molecular complexity index is 575. The second-order valence-electron chi connectivity index (χ2n) is 4.53. The van der Waals surface area contributed by atoms with Gasteiger partial charge in [-0.2, -0.15) is 11.8 Å². The summed E-state index contributed by atoms with van der Waals surface area (Å²) in [6.07, 6.45) is 0.364. The molecule has 1 saturated heterocycles. The maximum Gasteiger partial charge on any atom is 0.330 e. The molecule has 7 heteroatoms. The number of amides is 1. The number of hydrogen-bond acceptors (Lipinski definition) is 4. The fourth-order valence-corrected chi connectivity index (χ4v) is 3.25. The Balaban J connectivity index is 2.25. The average Bonchev–Trinajstić information content (AvgIpc) is 2.78. The highest BCUT2D eigenvalue weighted by atomic mass is 32.2. The number of hydrogen-bond donors (Lipinski definition) is 3. The smallest absolute Gasteiger partial charge is 0.330 e. The van der Waals surface area contributed by atoms with E-state index in [0.717, 1.165) is 0 Å². The van der Waals surface area contributed by atoms with Crippen molar-refractivity contribution >= 4 is 23.6 Å². The molecule has 1 aromatic heterocycles. The van der Waals surface area contributed by atoms with Gasteiger partial charge in [-0.3, -0.25) is 9.59 Å². The number of carbonyl (C=O) groups excluding carboxylic acids is 1. The van der Waals surface area contributed by atoms with Crippen LogP contribution in [-0.2, 0) is 4.79 Å². The molecule has 1 aliphatic heterocycles. The number of pyridine rings is 1. The van der Waals surface area contributed by atoms with Crippen LogP contribution >= 0.6 is 11.8 Å². The standard InChI is InChI=1S/C12H14N2O4S/c1-7-2-3-8(9(15)13-7)10(16)14-12(11(17)18)4-5-19-6-12/h2-3H,4-6H2,1H3,(H,13,15)(H,14,16)(H,17,18). The van der Waals surface area contributed by atoms with Crippen LogP contribution in [0.4, 0.5) is 0 Å². The van der Waals surface area contributed by atoms with Crippen LogP contribution in [0.5, 0.6) is 0 Å². The van der Waals surface area contributed by atoms with Gasteiger partial charge in [-0.05, 0) is 31.2 Å². The lowest BCUT2D eigenvalue weighted by Gasteiger charge is -2.24. The molecule has 2 heterocycles. The van der Waals surface area contributed by atoms with E-state index in [1.165, 1.54) is 17.8 Å². The summed E-state index contributed by atoms with van der Waals surface area (Å²) in [7, 11) is 0. The number of H-pyrrole nitrogens is 1. The van der Waals surface area contributed by atoms with Crippen molar-refractivity contribution in [3.05, 3.63) is 33.7 Å². The van der Waals surface area contributed by atoms with Crippen molar-refractivity contribution in [2.45, 2.75) is 18.9 Å². The number of aromatic amines is 1. The second kappa shape index (κ2) is 5.08. The van der Waals surface area contributed by atoms with Crippen LogP contribution in [0.25, 0.3) is 0 Å². The molecule has 6 nitrogen and oxygen atoms in total. The van der Waals surface area contributed by atoms with E-state index in [1.807, 2.05) is 0 Å². The molecule has 0 radical (unpaired) electrons. The zero-order valence-corrected chi connectivity index (χ0v) is 11.2. The minimum atomic E-state index is -1.26. The molecule has 1 atom stereocenters. The predicted octanol–water partition coefficient (Wildman–Crippen LogP) is 0.373. The van der Waals surface area contributed by atoms with Crippen molar-refractivity contribution < 1.29 is 14.7 Å². The van der Waals surface area contributed by atoms with E-state index in [0.29, 0.717) is 23.6 Å². The molecule has 0 aliphatic carbocycles. The predicted molar refractivity (Wildman–Crippen MR) is 71.6 cm³/mol. The number of nitrogens with one attached hydrogen (secondary N) is 2. The molecular weight excluding hydrogens is 268 g/mol. The van der Waals surface area contributed by atoms with Crippen molar-refractivity contribution in [2.75, 3.05) is 11.5 Å². The lowest BCUT2D eigenvalue weighted by molar-refractivity contribution is -0.143. The molecular formula is C12H14N2O4S. The molecule has 1 unspecified atom stereocenters. The SMILES string of the molecule is Cc1ccc(C(=O)NC2(C(=O)O)CCSC2)c(=O)[nH]1. The first kappa shape index (κ1) is 13.7. The first-order valence-corrected chi connectivity index (χ1v) is 6.94. The fourth-order valence-electron chi connectivity index (χ4n) is 1.92. The number of aliphatic carboxylic acids is 1. The molecule has 0 saturated carbocycles. The normalized spacial score (nSPS) is 22.2. The van der Waals surface area contributed by atoms with Crippen LogP contribution in [-0.4, -0.2) is 39.0 Å². The van der Waals surface area contributed by atoms with Gasteiger partial charge >= 0.3 is 5.97 Å². The molecule has 1 aliphatic rings. The van der Waals surface area contributed by atoms with E-state index < -0.39 is 23.0 Å². The van der Waals surface area contributed by atoms with Crippen molar-refractivity contribution in [1.29, 1.82) is 0 Å². The Labute approximate surface area is 113 Å². The van der Waals surface area contributed by atoms with Crippen molar-refractivity contribution in [1.82, 2.24) is 10.3 Å². The highest BCUT2D eigenvalue weighted by Crippen LogP contribution is 2.28. The van der Waals surface area contributed by atoms with Gasteiger partial charge in [0.1, 0.15) is 11.1 Å². The quantitative estimate of drug-likeness (QED) is 0.744. The van der Waals surface area contributed by atoms with Gasteiger partial charge in [0.05, 0.1) is 0 Å². The van der Waals surface area contributed by atoms with Gasteiger partial charge in [-0.15, -0.1) is 0 Å². The van der Waals surface area contributed by atoms with Crippen LogP contribution < -0.4 is 10.9 Å². The number of carboxylic acid groups (broad SMARTS) is 1. The number of carbonyl (C=O) groups is 2. The first-order chi connectivity index (χ1) is 8.94. The first-order valence-electron chi connectivity index (χ1n) is 5.78. The number of aryl methyl sites for hydroxylation is 1. The number of aromatic nitrogens is 1. The highest BCUT2D eigenvalue weighted by molar-refractivity contribution is 7.99. The van der Waals surface area contributed by atoms with Crippen LogP contribution in [0.3, 0.4) is 0 Å². The number of thioether (sulfide) groups is 1. The van der Waals surface area contributed by atoms with Crippen LogP contribution in [0.2, 0.25) is 0 Å². The highest BCUT2D eigenvalue weighted by Gasteiger charge is 2.43. The summed E-state index contributed by atoms with van der Waals surface area (Å²) in [4.78, 5) is 37.5. The largest absolute Gasteiger partial charge is 0.479 e. The Morgan fingerprint density at radius 1 is 1.47 bits per heavy atom. The third kappa shape index (κ3) is 2.65. The minimum absolute atomic E-state index is 0.0666. The average molecular weight is 282 g/mol. The second-order valence-corrected chi connectivity index (χ2v) is 5.63. The van der Waals surface area contributed by atoms with E-state index in [1.54, 1.807) is 13.0 Å². The molecule has 1 amide bonds. The van der Waals surface area contributed by atoms with Gasteiger partial charge in [0, 0.05) is 11.4 Å². The van der Waals surface area contributed by atoms with E-state index in [2.05, 4.69) is 10.3 Å².